The fourth-order valence-corrected chi connectivity index (χ4v) is 2.12. The van der Waals surface area contributed by atoms with E-state index in [9.17, 15) is 18.0 Å². The summed E-state index contributed by atoms with van der Waals surface area (Å²) >= 11 is 0. The molecule has 7 heteroatoms. The highest BCUT2D eigenvalue weighted by Crippen LogP contribution is 2.11. The molecular formula is C11H11NO5S. The van der Waals surface area contributed by atoms with Gasteiger partial charge in [0.05, 0.1) is 4.90 Å². The Labute approximate surface area is 104 Å². The number of sulfonamides is 1. The standard InChI is InChI=1S/C11H11NO5S/c13-7-1-2-9-3-5-10(6-4-9)18(16,17)12-8-11(14)15/h1-7,12H,8H2,(H,14,15). The summed E-state index contributed by atoms with van der Waals surface area (Å²) in [6, 6.07) is 5.67. The van der Waals surface area contributed by atoms with Crippen molar-refractivity contribution in [3.05, 3.63) is 35.9 Å². The molecule has 0 atom stereocenters. The first-order chi connectivity index (χ1) is 8.45. The molecule has 1 aromatic rings. The van der Waals surface area contributed by atoms with Gasteiger partial charge in [-0.05, 0) is 23.8 Å². The van der Waals surface area contributed by atoms with Crippen molar-refractivity contribution in [1.82, 2.24) is 4.72 Å². The summed E-state index contributed by atoms with van der Waals surface area (Å²) in [5.41, 5.74) is 0.666. The minimum atomic E-state index is -3.82. The van der Waals surface area contributed by atoms with Gasteiger partial charge in [0, 0.05) is 0 Å². The molecule has 0 heterocycles. The number of aliphatic carboxylic acids is 1. The predicted molar refractivity (Wildman–Crippen MR) is 64.4 cm³/mol. The molecular weight excluding hydrogens is 258 g/mol. The maximum Gasteiger partial charge on any atom is 0.318 e. The Balaban J connectivity index is 2.87. The second-order valence-electron chi connectivity index (χ2n) is 3.28. The number of allylic oxidation sites excluding steroid dienone is 1. The molecule has 0 unspecified atom stereocenters. The van der Waals surface area contributed by atoms with Crippen LogP contribution < -0.4 is 4.72 Å². The van der Waals surface area contributed by atoms with Crippen molar-refractivity contribution in [3.8, 4) is 0 Å². The Hall–Kier alpha value is -1.99. The summed E-state index contributed by atoms with van der Waals surface area (Å²) < 4.78 is 25.2. The van der Waals surface area contributed by atoms with Crippen LogP contribution >= 0.6 is 0 Å². The normalized spacial score (nSPS) is 11.6. The van der Waals surface area contributed by atoms with E-state index in [0.29, 0.717) is 11.8 Å². The largest absolute Gasteiger partial charge is 0.480 e. The smallest absolute Gasteiger partial charge is 0.318 e. The van der Waals surface area contributed by atoms with Crippen LogP contribution in [-0.4, -0.2) is 32.3 Å². The number of rotatable bonds is 6. The third-order valence-corrected chi connectivity index (χ3v) is 3.39. The minimum absolute atomic E-state index is 0.0352. The first-order valence-electron chi connectivity index (χ1n) is 4.89. The van der Waals surface area contributed by atoms with Gasteiger partial charge in [0.2, 0.25) is 10.0 Å². The monoisotopic (exact) mass is 269 g/mol. The van der Waals surface area contributed by atoms with Crippen LogP contribution in [-0.2, 0) is 19.6 Å². The highest BCUT2D eigenvalue weighted by atomic mass is 32.2. The molecule has 96 valence electrons. The molecule has 1 rings (SSSR count). The molecule has 0 saturated carbocycles. The number of carboxylic acids is 1. The number of hydrogen-bond acceptors (Lipinski definition) is 4. The predicted octanol–water partition coefficient (Wildman–Crippen LogP) is 0.262. The third-order valence-electron chi connectivity index (χ3n) is 1.97. The van der Waals surface area contributed by atoms with Crippen LogP contribution in [0, 0.1) is 0 Å². The van der Waals surface area contributed by atoms with Crippen LogP contribution in [0.4, 0.5) is 0 Å². The molecule has 18 heavy (non-hydrogen) atoms. The van der Waals surface area contributed by atoms with Crippen LogP contribution in [0.2, 0.25) is 0 Å². The van der Waals surface area contributed by atoms with Crippen LogP contribution in [0.5, 0.6) is 0 Å². The zero-order valence-electron chi connectivity index (χ0n) is 9.24. The van der Waals surface area contributed by atoms with Crippen LogP contribution in [0.3, 0.4) is 0 Å². The molecule has 0 aliphatic heterocycles. The van der Waals surface area contributed by atoms with E-state index in [2.05, 4.69) is 0 Å². The lowest BCUT2D eigenvalue weighted by Crippen LogP contribution is -2.29. The van der Waals surface area contributed by atoms with Crippen molar-refractivity contribution in [2.45, 2.75) is 4.90 Å². The molecule has 0 radical (unpaired) electrons. The van der Waals surface area contributed by atoms with Gasteiger partial charge in [-0.2, -0.15) is 4.72 Å². The van der Waals surface area contributed by atoms with E-state index in [1.165, 1.54) is 36.4 Å². The fraction of sp³-hybridized carbons (Fsp3) is 0.0909. The van der Waals surface area contributed by atoms with Gasteiger partial charge in [0.1, 0.15) is 12.8 Å². The van der Waals surface area contributed by atoms with Crippen molar-refractivity contribution in [3.63, 3.8) is 0 Å². The van der Waals surface area contributed by atoms with Gasteiger partial charge in [-0.3, -0.25) is 9.59 Å². The Morgan fingerprint density at radius 3 is 2.39 bits per heavy atom. The lowest BCUT2D eigenvalue weighted by molar-refractivity contribution is -0.135. The molecule has 0 spiro atoms. The zero-order chi connectivity index (χ0) is 13.6. The highest BCUT2D eigenvalue weighted by Gasteiger charge is 2.14. The second kappa shape index (κ2) is 6.08. The van der Waals surface area contributed by atoms with Crippen molar-refractivity contribution < 1.29 is 23.1 Å². The van der Waals surface area contributed by atoms with Crippen molar-refractivity contribution >= 4 is 28.4 Å². The molecule has 0 saturated heterocycles. The molecule has 0 amide bonds. The number of nitrogens with one attached hydrogen (secondary N) is 1. The van der Waals surface area contributed by atoms with Gasteiger partial charge < -0.3 is 5.11 Å². The third kappa shape index (κ3) is 4.11. The number of carbonyl (C=O) groups excluding carboxylic acids is 1. The highest BCUT2D eigenvalue weighted by molar-refractivity contribution is 7.89. The van der Waals surface area contributed by atoms with Gasteiger partial charge in [-0.25, -0.2) is 8.42 Å². The van der Waals surface area contributed by atoms with E-state index in [0.717, 1.165) is 0 Å². The van der Waals surface area contributed by atoms with E-state index >= 15 is 0 Å². The first-order valence-corrected chi connectivity index (χ1v) is 6.37. The average Bonchev–Trinajstić information content (AvgIpc) is 2.34. The Morgan fingerprint density at radius 1 is 1.28 bits per heavy atom. The lowest BCUT2D eigenvalue weighted by atomic mass is 10.2. The Bertz CT molecular complexity index is 560. The molecule has 0 aromatic heterocycles. The van der Waals surface area contributed by atoms with E-state index in [1.54, 1.807) is 0 Å². The van der Waals surface area contributed by atoms with E-state index in [4.69, 9.17) is 5.11 Å². The number of carboxylic acid groups (broad SMARTS) is 1. The summed E-state index contributed by atoms with van der Waals surface area (Å²) in [5.74, 6) is -1.26. The molecule has 6 nitrogen and oxygen atoms in total. The Kier molecular flexibility index (Phi) is 4.75. The molecule has 1 aromatic carbocycles. The molecule has 0 aliphatic rings. The number of carbonyl (C=O) groups is 2. The van der Waals surface area contributed by atoms with E-state index < -0.39 is 22.5 Å². The number of aldehydes is 1. The average molecular weight is 269 g/mol. The molecule has 0 aliphatic carbocycles. The maximum atomic E-state index is 11.6. The minimum Gasteiger partial charge on any atom is -0.480 e. The summed E-state index contributed by atoms with van der Waals surface area (Å²) in [7, 11) is -3.82. The summed E-state index contributed by atoms with van der Waals surface area (Å²) in [5, 5.41) is 8.40. The van der Waals surface area contributed by atoms with E-state index in [-0.39, 0.29) is 4.90 Å². The van der Waals surface area contributed by atoms with Crippen molar-refractivity contribution in [1.29, 1.82) is 0 Å². The fourth-order valence-electron chi connectivity index (χ4n) is 1.15. The van der Waals surface area contributed by atoms with Crippen LogP contribution in [0.15, 0.2) is 35.2 Å². The van der Waals surface area contributed by atoms with Gasteiger partial charge in [0.25, 0.3) is 0 Å². The topological polar surface area (TPSA) is 101 Å². The van der Waals surface area contributed by atoms with Gasteiger partial charge in [-0.15, -0.1) is 0 Å². The molecule has 2 N–H and O–H groups in total. The van der Waals surface area contributed by atoms with Crippen LogP contribution in [0.1, 0.15) is 5.56 Å². The first kappa shape index (κ1) is 14.1. The molecule has 0 bridgehead atoms. The molecule has 0 fully saturated rings. The Morgan fingerprint density at radius 2 is 1.89 bits per heavy atom. The van der Waals surface area contributed by atoms with Gasteiger partial charge in [-0.1, -0.05) is 18.2 Å². The number of benzene rings is 1. The lowest BCUT2D eigenvalue weighted by Gasteiger charge is -2.04. The SMILES string of the molecule is O=CC=Cc1ccc(S(=O)(=O)NCC(=O)O)cc1. The summed E-state index contributed by atoms with van der Waals surface area (Å²) in [4.78, 5) is 20.4. The number of hydrogen-bond donors (Lipinski definition) is 2. The maximum absolute atomic E-state index is 11.6. The quantitative estimate of drug-likeness (QED) is 0.570. The van der Waals surface area contributed by atoms with Crippen LogP contribution in [0.25, 0.3) is 6.08 Å². The van der Waals surface area contributed by atoms with Gasteiger partial charge >= 0.3 is 5.97 Å². The summed E-state index contributed by atoms with van der Waals surface area (Å²) in [6.07, 6.45) is 3.42. The van der Waals surface area contributed by atoms with Crippen molar-refractivity contribution in [2.75, 3.05) is 6.54 Å². The van der Waals surface area contributed by atoms with Crippen molar-refractivity contribution in [2.24, 2.45) is 0 Å². The zero-order valence-corrected chi connectivity index (χ0v) is 10.1. The van der Waals surface area contributed by atoms with Gasteiger partial charge in [0.15, 0.2) is 0 Å². The van der Waals surface area contributed by atoms with E-state index in [1.807, 2.05) is 4.72 Å². The second-order valence-corrected chi connectivity index (χ2v) is 5.05. The summed E-state index contributed by atoms with van der Waals surface area (Å²) in [6.45, 7) is -0.671.